The van der Waals surface area contributed by atoms with Gasteiger partial charge >= 0.3 is 0 Å². The molecule has 19 heavy (non-hydrogen) atoms. The van der Waals surface area contributed by atoms with Crippen LogP contribution in [0.5, 0.6) is 0 Å². The van der Waals surface area contributed by atoms with Gasteiger partial charge in [-0.2, -0.15) is 0 Å². The number of fused-ring (bicyclic) bond motifs is 1. The van der Waals surface area contributed by atoms with Crippen LogP contribution in [0.25, 0.3) is 0 Å². The first-order valence-electron chi connectivity index (χ1n) is 6.99. The molecule has 2 unspecified atom stereocenters. The second kappa shape index (κ2) is 6.19. The number of hydrogen-bond donors (Lipinski definition) is 1. The van der Waals surface area contributed by atoms with E-state index in [0.717, 1.165) is 29.1 Å². The quantitative estimate of drug-likeness (QED) is 0.918. The van der Waals surface area contributed by atoms with Gasteiger partial charge in [0.2, 0.25) is 0 Å². The third-order valence-corrected chi connectivity index (χ3v) is 5.34. The number of nitrogens with zero attached hydrogens (tertiary/aromatic N) is 1. The lowest BCUT2D eigenvalue weighted by atomic mass is 10.1. The molecule has 1 heterocycles. The molecule has 1 saturated heterocycles. The molecule has 2 atom stereocenters. The number of amidine groups is 1. The lowest BCUT2D eigenvalue weighted by molar-refractivity contribution is 0.490. The molecule has 0 amide bonds. The second-order valence-corrected chi connectivity index (χ2v) is 6.76. The van der Waals surface area contributed by atoms with E-state index < -0.39 is 0 Å². The number of benzene rings is 1. The molecule has 2 fully saturated rings. The Labute approximate surface area is 124 Å². The van der Waals surface area contributed by atoms with Crippen molar-refractivity contribution >= 4 is 28.5 Å². The molecule has 3 rings (SSSR count). The Morgan fingerprint density at radius 3 is 2.95 bits per heavy atom. The van der Waals surface area contributed by atoms with Gasteiger partial charge in [-0.05, 0) is 42.9 Å². The number of aliphatic imine (C=N–C) groups is 1. The van der Waals surface area contributed by atoms with E-state index in [-0.39, 0.29) is 0 Å². The monoisotopic (exact) mass is 294 g/mol. The van der Waals surface area contributed by atoms with E-state index in [4.69, 9.17) is 16.6 Å². The highest BCUT2D eigenvalue weighted by Gasteiger charge is 2.31. The van der Waals surface area contributed by atoms with Gasteiger partial charge in [0, 0.05) is 23.4 Å². The van der Waals surface area contributed by atoms with Crippen molar-refractivity contribution in [3.63, 3.8) is 0 Å². The van der Waals surface area contributed by atoms with Gasteiger partial charge in [0.1, 0.15) is 0 Å². The minimum absolute atomic E-state index is 0.690. The first-order valence-corrected chi connectivity index (χ1v) is 8.36. The molecule has 102 valence electrons. The van der Waals surface area contributed by atoms with E-state index in [9.17, 15) is 0 Å². The van der Waals surface area contributed by atoms with Crippen LogP contribution >= 0.6 is 23.4 Å². The average molecular weight is 295 g/mol. The smallest absolute Gasteiger partial charge is 0.156 e. The van der Waals surface area contributed by atoms with Gasteiger partial charge in [-0.15, -0.1) is 0 Å². The molecule has 2 nitrogen and oxygen atoms in total. The molecule has 0 bridgehead atoms. The number of thioether (sulfide) groups is 1. The van der Waals surface area contributed by atoms with Gasteiger partial charge in [0.15, 0.2) is 5.17 Å². The van der Waals surface area contributed by atoms with Gasteiger partial charge in [-0.25, -0.2) is 0 Å². The van der Waals surface area contributed by atoms with Crippen LogP contribution in [0, 0.1) is 5.92 Å². The Morgan fingerprint density at radius 1 is 1.26 bits per heavy atom. The van der Waals surface area contributed by atoms with Gasteiger partial charge < -0.3 is 5.32 Å². The predicted octanol–water partition coefficient (Wildman–Crippen LogP) is 3.74. The fourth-order valence-electron chi connectivity index (χ4n) is 2.84. The highest BCUT2D eigenvalue weighted by molar-refractivity contribution is 8.13. The van der Waals surface area contributed by atoms with Crippen molar-refractivity contribution in [2.75, 3.05) is 12.3 Å². The predicted molar refractivity (Wildman–Crippen MR) is 84.2 cm³/mol. The van der Waals surface area contributed by atoms with Crippen molar-refractivity contribution in [1.82, 2.24) is 5.32 Å². The molecule has 4 heteroatoms. The van der Waals surface area contributed by atoms with Gasteiger partial charge in [0.05, 0.1) is 0 Å². The van der Waals surface area contributed by atoms with Crippen LogP contribution in [0.1, 0.15) is 24.8 Å². The molecule has 0 aromatic heterocycles. The summed E-state index contributed by atoms with van der Waals surface area (Å²) in [7, 11) is 0. The summed E-state index contributed by atoms with van der Waals surface area (Å²) in [5.41, 5.74) is 1.30. The molecular weight excluding hydrogens is 276 g/mol. The topological polar surface area (TPSA) is 24.4 Å². The van der Waals surface area contributed by atoms with E-state index in [1.165, 1.54) is 30.6 Å². The highest BCUT2D eigenvalue weighted by atomic mass is 35.5. The van der Waals surface area contributed by atoms with E-state index in [1.807, 2.05) is 23.9 Å². The molecular formula is C15H19ClN2S. The Bertz CT molecular complexity index is 458. The summed E-state index contributed by atoms with van der Waals surface area (Å²) >= 11 is 7.77. The maximum Gasteiger partial charge on any atom is 0.156 e. The Balaban J connectivity index is 1.51. The number of halogens is 1. The van der Waals surface area contributed by atoms with E-state index >= 15 is 0 Å². The van der Waals surface area contributed by atoms with Crippen LogP contribution in [0.4, 0.5) is 0 Å². The summed E-state index contributed by atoms with van der Waals surface area (Å²) in [6.45, 7) is 0.856. The second-order valence-electron chi connectivity index (χ2n) is 5.32. The summed E-state index contributed by atoms with van der Waals surface area (Å²) < 4.78 is 0. The van der Waals surface area contributed by atoms with E-state index in [1.54, 1.807) is 0 Å². The van der Waals surface area contributed by atoms with E-state index in [0.29, 0.717) is 6.04 Å². The zero-order valence-corrected chi connectivity index (χ0v) is 12.5. The summed E-state index contributed by atoms with van der Waals surface area (Å²) in [5, 5.41) is 5.55. The number of rotatable bonds is 3. The minimum Gasteiger partial charge on any atom is -0.362 e. The third-order valence-electron chi connectivity index (χ3n) is 3.97. The summed E-state index contributed by atoms with van der Waals surface area (Å²) in [6.07, 6.45) is 5.07. The highest BCUT2D eigenvalue weighted by Crippen LogP contribution is 2.32. The average Bonchev–Trinajstić information content (AvgIpc) is 2.88. The maximum absolute atomic E-state index is 5.88. The van der Waals surface area contributed by atoms with Crippen LogP contribution in [-0.2, 0) is 6.42 Å². The van der Waals surface area contributed by atoms with Crippen molar-refractivity contribution < 1.29 is 0 Å². The van der Waals surface area contributed by atoms with Gasteiger partial charge in [-0.1, -0.05) is 41.9 Å². The number of nitrogens with one attached hydrogen (secondary N) is 1. The Kier molecular flexibility index (Phi) is 4.34. The fourth-order valence-corrected chi connectivity index (χ4v) is 4.16. The van der Waals surface area contributed by atoms with Crippen molar-refractivity contribution in [3.8, 4) is 0 Å². The molecule has 0 spiro atoms. The fraction of sp³-hybridized carbons (Fsp3) is 0.533. The van der Waals surface area contributed by atoms with Crippen molar-refractivity contribution in [2.24, 2.45) is 10.9 Å². The summed E-state index contributed by atoms with van der Waals surface area (Å²) in [4.78, 5) is 4.70. The molecule has 1 aromatic carbocycles. The lowest BCUT2D eigenvalue weighted by Gasteiger charge is -2.28. The van der Waals surface area contributed by atoms with Gasteiger partial charge in [-0.3, -0.25) is 4.99 Å². The Morgan fingerprint density at radius 2 is 2.11 bits per heavy atom. The van der Waals surface area contributed by atoms with Crippen LogP contribution in [0.2, 0.25) is 5.02 Å². The van der Waals surface area contributed by atoms with Crippen LogP contribution < -0.4 is 5.32 Å². The van der Waals surface area contributed by atoms with Crippen LogP contribution in [0.15, 0.2) is 29.3 Å². The SMILES string of the molecule is Clc1ccc(CCN=C2NC3CCCC3CS2)cc1. The molecule has 1 aliphatic heterocycles. The minimum atomic E-state index is 0.690. The zero-order valence-electron chi connectivity index (χ0n) is 10.9. The molecule has 1 N–H and O–H groups in total. The molecule has 1 aliphatic carbocycles. The first kappa shape index (κ1) is 13.3. The number of hydrogen-bond acceptors (Lipinski definition) is 2. The zero-order chi connectivity index (χ0) is 13.1. The molecule has 0 radical (unpaired) electrons. The van der Waals surface area contributed by atoms with Crippen LogP contribution in [-0.4, -0.2) is 23.5 Å². The van der Waals surface area contributed by atoms with Crippen LogP contribution in [0.3, 0.4) is 0 Å². The largest absolute Gasteiger partial charge is 0.362 e. The lowest BCUT2D eigenvalue weighted by Crippen LogP contribution is -2.41. The molecule has 1 aromatic rings. The van der Waals surface area contributed by atoms with E-state index in [2.05, 4.69) is 17.4 Å². The van der Waals surface area contributed by atoms with Gasteiger partial charge in [0.25, 0.3) is 0 Å². The standard InChI is InChI=1S/C15H19ClN2S/c16-13-6-4-11(5-7-13)8-9-17-15-18-14-3-1-2-12(14)10-19-15/h4-7,12,14H,1-3,8-10H2,(H,17,18). The molecule has 1 saturated carbocycles. The van der Waals surface area contributed by atoms with Crippen molar-refractivity contribution in [3.05, 3.63) is 34.9 Å². The third kappa shape index (κ3) is 3.46. The maximum atomic E-state index is 5.88. The summed E-state index contributed by atoms with van der Waals surface area (Å²) in [6, 6.07) is 8.74. The first-order chi connectivity index (χ1) is 9.31. The summed E-state index contributed by atoms with van der Waals surface area (Å²) in [5.74, 6) is 2.12. The molecule has 2 aliphatic rings. The van der Waals surface area contributed by atoms with Crippen molar-refractivity contribution in [2.45, 2.75) is 31.7 Å². The Hall–Kier alpha value is -0.670. The normalized spacial score (nSPS) is 28.2. The van der Waals surface area contributed by atoms with Crippen molar-refractivity contribution in [1.29, 1.82) is 0 Å².